The Morgan fingerprint density at radius 1 is 1.23 bits per heavy atom. The predicted molar refractivity (Wildman–Crippen MR) is 89.8 cm³/mol. The summed E-state index contributed by atoms with van der Waals surface area (Å²) in [4.78, 5) is 11.5. The van der Waals surface area contributed by atoms with Crippen LogP contribution in [-0.4, -0.2) is 19.1 Å². The maximum atomic E-state index is 11.5. The van der Waals surface area contributed by atoms with E-state index in [0.29, 0.717) is 6.54 Å². The molecule has 2 aromatic rings. The number of benzene rings is 2. The smallest absolute Gasteiger partial charge is 0.234 e. The molecular weight excluding hydrogens is 276 g/mol. The molecule has 0 aliphatic heterocycles. The minimum absolute atomic E-state index is 0.224. The summed E-state index contributed by atoms with van der Waals surface area (Å²) in [6.07, 6.45) is 0.915. The Balaban J connectivity index is 2.12. The highest BCUT2D eigenvalue weighted by Crippen LogP contribution is 2.22. The van der Waals surface area contributed by atoms with Crippen LogP contribution in [0.1, 0.15) is 25.8 Å². The summed E-state index contributed by atoms with van der Waals surface area (Å²) in [5.41, 5.74) is 6.62. The van der Waals surface area contributed by atoms with E-state index in [1.165, 1.54) is 0 Å². The average Bonchev–Trinajstić information content (AvgIpc) is 2.53. The fourth-order valence-electron chi connectivity index (χ4n) is 2.56. The molecule has 0 aliphatic rings. The Morgan fingerprint density at radius 3 is 2.55 bits per heavy atom. The van der Waals surface area contributed by atoms with Crippen molar-refractivity contribution in [2.75, 3.05) is 7.11 Å². The summed E-state index contributed by atoms with van der Waals surface area (Å²) in [5.74, 6) is 0.783. The molecule has 3 N–H and O–H groups in total. The molecule has 118 valence electrons. The number of ether oxygens (including phenoxy) is 1. The number of fused-ring (bicyclic) bond motifs is 1. The van der Waals surface area contributed by atoms with Gasteiger partial charge in [-0.1, -0.05) is 38.5 Å². The SMILES string of the molecule is CC[C@@H](C)[C@H](NCc1ccc2cc(OC)ccc2c1)C(N)=O. The second-order valence-corrected chi connectivity index (χ2v) is 5.69. The van der Waals surface area contributed by atoms with Gasteiger partial charge in [-0.25, -0.2) is 0 Å². The number of nitrogens with two attached hydrogens (primary N) is 1. The van der Waals surface area contributed by atoms with Gasteiger partial charge in [-0.3, -0.25) is 4.79 Å². The molecule has 4 heteroatoms. The first-order chi connectivity index (χ1) is 10.5. The van der Waals surface area contributed by atoms with Gasteiger partial charge in [-0.2, -0.15) is 0 Å². The second kappa shape index (κ2) is 7.27. The number of carbonyl (C=O) groups is 1. The molecule has 0 heterocycles. The van der Waals surface area contributed by atoms with E-state index >= 15 is 0 Å². The maximum Gasteiger partial charge on any atom is 0.234 e. The Bertz CT molecular complexity index is 655. The van der Waals surface area contributed by atoms with E-state index in [2.05, 4.69) is 30.4 Å². The summed E-state index contributed by atoms with van der Waals surface area (Å²) in [6, 6.07) is 12.0. The molecule has 0 saturated carbocycles. The lowest BCUT2D eigenvalue weighted by atomic mass is 9.98. The summed E-state index contributed by atoms with van der Waals surface area (Å²) < 4.78 is 5.23. The highest BCUT2D eigenvalue weighted by molar-refractivity contribution is 5.84. The lowest BCUT2D eigenvalue weighted by Crippen LogP contribution is -2.45. The van der Waals surface area contributed by atoms with Crippen LogP contribution in [-0.2, 0) is 11.3 Å². The van der Waals surface area contributed by atoms with Crippen LogP contribution < -0.4 is 15.8 Å². The van der Waals surface area contributed by atoms with E-state index in [-0.39, 0.29) is 17.9 Å². The second-order valence-electron chi connectivity index (χ2n) is 5.69. The molecule has 0 spiro atoms. The van der Waals surface area contributed by atoms with Gasteiger partial charge in [-0.15, -0.1) is 0 Å². The zero-order chi connectivity index (χ0) is 16.1. The van der Waals surface area contributed by atoms with Crippen LogP contribution in [0, 0.1) is 5.92 Å². The predicted octanol–water partition coefficient (Wildman–Crippen LogP) is 2.84. The molecule has 0 fully saturated rings. The van der Waals surface area contributed by atoms with Crippen molar-refractivity contribution in [1.29, 1.82) is 0 Å². The lowest BCUT2D eigenvalue weighted by molar-refractivity contribution is -0.121. The number of carbonyl (C=O) groups excluding carboxylic acids is 1. The highest BCUT2D eigenvalue weighted by Gasteiger charge is 2.20. The van der Waals surface area contributed by atoms with Crippen LogP contribution in [0.4, 0.5) is 0 Å². The molecule has 0 aromatic heterocycles. The Kier molecular flexibility index (Phi) is 5.39. The minimum Gasteiger partial charge on any atom is -0.497 e. The normalized spacial score (nSPS) is 13.8. The van der Waals surface area contributed by atoms with Crippen molar-refractivity contribution in [3.8, 4) is 5.75 Å². The van der Waals surface area contributed by atoms with E-state index in [1.54, 1.807) is 7.11 Å². The zero-order valence-corrected chi connectivity index (χ0v) is 13.4. The Morgan fingerprint density at radius 2 is 1.91 bits per heavy atom. The van der Waals surface area contributed by atoms with Crippen LogP contribution in [0.25, 0.3) is 10.8 Å². The molecule has 2 atom stereocenters. The van der Waals surface area contributed by atoms with Gasteiger partial charge in [-0.05, 0) is 40.5 Å². The van der Waals surface area contributed by atoms with Crippen molar-refractivity contribution in [2.24, 2.45) is 11.7 Å². The number of amides is 1. The highest BCUT2D eigenvalue weighted by atomic mass is 16.5. The van der Waals surface area contributed by atoms with Gasteiger partial charge < -0.3 is 15.8 Å². The molecule has 0 radical (unpaired) electrons. The number of primary amides is 1. The molecule has 0 bridgehead atoms. The van der Waals surface area contributed by atoms with Crippen molar-refractivity contribution in [1.82, 2.24) is 5.32 Å². The summed E-state index contributed by atoms with van der Waals surface area (Å²) >= 11 is 0. The fourth-order valence-corrected chi connectivity index (χ4v) is 2.56. The first-order valence-corrected chi connectivity index (χ1v) is 7.64. The number of nitrogens with one attached hydrogen (secondary N) is 1. The minimum atomic E-state index is -0.295. The van der Waals surface area contributed by atoms with Gasteiger partial charge in [0.05, 0.1) is 13.2 Å². The van der Waals surface area contributed by atoms with Gasteiger partial charge >= 0.3 is 0 Å². The molecule has 0 saturated heterocycles. The molecule has 0 aliphatic carbocycles. The molecule has 2 rings (SSSR count). The third-order valence-electron chi connectivity index (χ3n) is 4.16. The van der Waals surface area contributed by atoms with E-state index < -0.39 is 0 Å². The number of rotatable bonds is 7. The lowest BCUT2D eigenvalue weighted by Gasteiger charge is -2.21. The van der Waals surface area contributed by atoms with Crippen molar-refractivity contribution < 1.29 is 9.53 Å². The summed E-state index contributed by atoms with van der Waals surface area (Å²) in [5, 5.41) is 5.56. The van der Waals surface area contributed by atoms with Crippen molar-refractivity contribution in [2.45, 2.75) is 32.9 Å². The van der Waals surface area contributed by atoms with Crippen LogP contribution in [0.15, 0.2) is 36.4 Å². The van der Waals surface area contributed by atoms with Crippen LogP contribution >= 0.6 is 0 Å². The molecular formula is C18H24N2O2. The average molecular weight is 300 g/mol. The van der Waals surface area contributed by atoms with E-state index in [9.17, 15) is 4.79 Å². The van der Waals surface area contributed by atoms with E-state index in [0.717, 1.165) is 28.5 Å². The molecule has 2 aromatic carbocycles. The van der Waals surface area contributed by atoms with Crippen molar-refractivity contribution in [3.63, 3.8) is 0 Å². The number of hydrogen-bond donors (Lipinski definition) is 2. The third-order valence-corrected chi connectivity index (χ3v) is 4.16. The standard InChI is InChI=1S/C18H24N2O2/c1-4-12(2)17(18(19)21)20-11-13-5-6-15-10-16(22-3)8-7-14(15)9-13/h5-10,12,17,20H,4,11H2,1-3H3,(H2,19,21)/t12-,17+/m1/s1. The monoisotopic (exact) mass is 300 g/mol. The first-order valence-electron chi connectivity index (χ1n) is 7.64. The zero-order valence-electron chi connectivity index (χ0n) is 13.4. The van der Waals surface area contributed by atoms with Crippen molar-refractivity contribution in [3.05, 3.63) is 42.0 Å². The van der Waals surface area contributed by atoms with Gasteiger partial charge in [0.1, 0.15) is 5.75 Å². The van der Waals surface area contributed by atoms with Gasteiger partial charge in [0.15, 0.2) is 0 Å². The molecule has 1 amide bonds. The molecule has 4 nitrogen and oxygen atoms in total. The van der Waals surface area contributed by atoms with Gasteiger partial charge in [0.25, 0.3) is 0 Å². The van der Waals surface area contributed by atoms with Crippen molar-refractivity contribution >= 4 is 16.7 Å². The summed E-state index contributed by atoms with van der Waals surface area (Å²) in [7, 11) is 1.67. The molecule has 22 heavy (non-hydrogen) atoms. The topological polar surface area (TPSA) is 64.3 Å². The maximum absolute atomic E-state index is 11.5. The number of methoxy groups -OCH3 is 1. The quantitative estimate of drug-likeness (QED) is 0.826. The van der Waals surface area contributed by atoms with Crippen LogP contribution in [0.3, 0.4) is 0 Å². The number of hydrogen-bond acceptors (Lipinski definition) is 3. The van der Waals surface area contributed by atoms with Crippen LogP contribution in [0.2, 0.25) is 0 Å². The van der Waals surface area contributed by atoms with Gasteiger partial charge in [0, 0.05) is 6.54 Å². The summed E-state index contributed by atoms with van der Waals surface area (Å²) in [6.45, 7) is 4.72. The van der Waals surface area contributed by atoms with E-state index in [4.69, 9.17) is 10.5 Å². The molecule has 0 unspecified atom stereocenters. The fraction of sp³-hybridized carbons (Fsp3) is 0.389. The van der Waals surface area contributed by atoms with Gasteiger partial charge in [0.2, 0.25) is 5.91 Å². The third kappa shape index (κ3) is 3.77. The van der Waals surface area contributed by atoms with Crippen LogP contribution in [0.5, 0.6) is 5.75 Å². The Hall–Kier alpha value is -2.07. The first kappa shape index (κ1) is 16.3. The van der Waals surface area contributed by atoms with E-state index in [1.807, 2.05) is 25.1 Å². The largest absolute Gasteiger partial charge is 0.497 e. The Labute approximate surface area is 131 Å².